The molecule has 0 aliphatic carbocycles. The zero-order valence-corrected chi connectivity index (χ0v) is 8.23. The predicted molar refractivity (Wildman–Crippen MR) is 55.1 cm³/mol. The van der Waals surface area contributed by atoms with Gasteiger partial charge in [-0.2, -0.15) is 0 Å². The molecular formula is C7H4ClFN2O2S. The molecule has 7 heteroatoms. The minimum absolute atomic E-state index is 0.00981. The van der Waals surface area contributed by atoms with Crippen LogP contribution in [0.3, 0.4) is 0 Å². The van der Waals surface area contributed by atoms with Crippen LogP contribution in [0.2, 0.25) is 0 Å². The number of benzene rings is 1. The summed E-state index contributed by atoms with van der Waals surface area (Å²) in [6.07, 6.45) is 0. The molecule has 1 N–H and O–H groups in total. The molecule has 0 amide bonds. The number of thiocarbonyl (C=S) groups is 1. The topological polar surface area (TPSA) is 55.2 Å². The molecule has 0 aliphatic heterocycles. The van der Waals surface area contributed by atoms with Gasteiger partial charge in [0, 0.05) is 6.07 Å². The van der Waals surface area contributed by atoms with E-state index in [9.17, 15) is 14.5 Å². The van der Waals surface area contributed by atoms with Gasteiger partial charge in [-0.15, -0.1) is 0 Å². The van der Waals surface area contributed by atoms with E-state index in [4.69, 9.17) is 11.6 Å². The molecule has 1 rings (SSSR count). The lowest BCUT2D eigenvalue weighted by Crippen LogP contribution is -2.03. The van der Waals surface area contributed by atoms with Crippen LogP contribution < -0.4 is 5.32 Å². The Labute approximate surface area is 88.8 Å². The first-order chi connectivity index (χ1) is 6.50. The quantitative estimate of drug-likeness (QED) is 0.281. The fraction of sp³-hybridized carbons (Fsp3) is 0. The van der Waals surface area contributed by atoms with Crippen molar-refractivity contribution in [3.63, 3.8) is 0 Å². The van der Waals surface area contributed by atoms with Crippen LogP contribution in [0.5, 0.6) is 0 Å². The number of rotatable bonds is 2. The van der Waals surface area contributed by atoms with Gasteiger partial charge in [0.15, 0.2) is 10.3 Å². The van der Waals surface area contributed by atoms with Gasteiger partial charge in [0.2, 0.25) is 0 Å². The third kappa shape index (κ3) is 2.61. The Balaban J connectivity index is 3.01. The number of nitro benzene ring substituents is 1. The summed E-state index contributed by atoms with van der Waals surface area (Å²) in [5, 5.41) is 12.6. The van der Waals surface area contributed by atoms with Gasteiger partial charge in [-0.1, -0.05) is 11.6 Å². The highest BCUT2D eigenvalue weighted by Gasteiger charge is 2.10. The number of nitro groups is 1. The fourth-order valence-corrected chi connectivity index (χ4v) is 1.04. The number of nitrogens with one attached hydrogen (secondary N) is 1. The van der Waals surface area contributed by atoms with Crippen molar-refractivity contribution < 1.29 is 9.31 Å². The minimum atomic E-state index is -0.776. The second-order valence-electron chi connectivity index (χ2n) is 2.32. The highest BCUT2D eigenvalue weighted by atomic mass is 35.5. The van der Waals surface area contributed by atoms with E-state index in [2.05, 4.69) is 17.5 Å². The molecule has 0 unspecified atom stereocenters. The summed E-state index contributed by atoms with van der Waals surface area (Å²) >= 11 is 9.78. The molecule has 0 heterocycles. The van der Waals surface area contributed by atoms with Gasteiger partial charge in [-0.3, -0.25) is 10.1 Å². The standard InChI is InChI=1S/C7H4ClFN2O2S/c8-7(14)10-6-2-1-4(11(12)13)3-5(6)9/h1-3H,(H,10,14). The lowest BCUT2D eigenvalue weighted by Gasteiger charge is -2.02. The molecule has 0 fully saturated rings. The lowest BCUT2D eigenvalue weighted by molar-refractivity contribution is -0.385. The summed E-state index contributed by atoms with van der Waals surface area (Å²) in [5.74, 6) is -0.776. The molecule has 14 heavy (non-hydrogen) atoms. The highest BCUT2D eigenvalue weighted by Crippen LogP contribution is 2.20. The largest absolute Gasteiger partial charge is 0.335 e. The zero-order valence-electron chi connectivity index (χ0n) is 6.66. The summed E-state index contributed by atoms with van der Waals surface area (Å²) < 4.78 is 13.0. The molecule has 0 aliphatic rings. The van der Waals surface area contributed by atoms with Crippen molar-refractivity contribution >= 4 is 39.6 Å². The maximum Gasteiger partial charge on any atom is 0.272 e. The molecule has 1 aromatic rings. The average molecular weight is 235 g/mol. The number of hydrogen-bond acceptors (Lipinski definition) is 3. The average Bonchev–Trinajstić information content (AvgIpc) is 2.07. The normalized spacial score (nSPS) is 9.57. The van der Waals surface area contributed by atoms with Crippen molar-refractivity contribution in [2.45, 2.75) is 0 Å². The maximum absolute atomic E-state index is 13.1. The number of non-ortho nitro benzene ring substituents is 1. The predicted octanol–water partition coefficient (Wildman–Crippen LogP) is 2.67. The number of anilines is 1. The van der Waals surface area contributed by atoms with Gasteiger partial charge < -0.3 is 5.32 Å². The van der Waals surface area contributed by atoms with E-state index in [1.165, 1.54) is 6.07 Å². The van der Waals surface area contributed by atoms with Crippen LogP contribution in [0.1, 0.15) is 0 Å². The molecule has 0 atom stereocenters. The van der Waals surface area contributed by atoms with Crippen LogP contribution in [0.15, 0.2) is 18.2 Å². The highest BCUT2D eigenvalue weighted by molar-refractivity contribution is 7.83. The third-order valence-corrected chi connectivity index (χ3v) is 1.59. The van der Waals surface area contributed by atoms with Crippen molar-refractivity contribution in [2.75, 3.05) is 5.32 Å². The van der Waals surface area contributed by atoms with Gasteiger partial charge in [-0.05, 0) is 18.3 Å². The summed E-state index contributed by atoms with van der Waals surface area (Å²) in [6, 6.07) is 3.14. The van der Waals surface area contributed by atoms with E-state index >= 15 is 0 Å². The Morgan fingerprint density at radius 3 is 2.71 bits per heavy atom. The second-order valence-corrected chi connectivity index (χ2v) is 3.33. The SMILES string of the molecule is O=[N+]([O-])c1ccc(NC(=S)Cl)c(F)c1. The molecule has 0 saturated carbocycles. The Kier molecular flexibility index (Phi) is 3.32. The van der Waals surface area contributed by atoms with Crippen LogP contribution in [-0.4, -0.2) is 9.37 Å². The maximum atomic E-state index is 13.1. The Morgan fingerprint density at radius 2 is 2.29 bits per heavy atom. The molecule has 0 spiro atoms. The van der Waals surface area contributed by atoms with Crippen LogP contribution >= 0.6 is 23.8 Å². The van der Waals surface area contributed by atoms with Crippen molar-refractivity contribution in [1.82, 2.24) is 0 Å². The Morgan fingerprint density at radius 1 is 1.64 bits per heavy atom. The van der Waals surface area contributed by atoms with Gasteiger partial charge in [-0.25, -0.2) is 4.39 Å². The van der Waals surface area contributed by atoms with Gasteiger partial charge >= 0.3 is 0 Å². The molecule has 0 saturated heterocycles. The van der Waals surface area contributed by atoms with Crippen molar-refractivity contribution in [3.8, 4) is 0 Å². The van der Waals surface area contributed by atoms with Crippen LogP contribution in [-0.2, 0) is 0 Å². The summed E-state index contributed by atoms with van der Waals surface area (Å²) in [4.78, 5) is 9.56. The molecule has 0 aromatic heterocycles. The first kappa shape index (κ1) is 10.8. The Hall–Kier alpha value is -1.27. The monoisotopic (exact) mass is 234 g/mol. The van der Waals surface area contributed by atoms with E-state index < -0.39 is 10.7 Å². The number of hydrogen-bond donors (Lipinski definition) is 1. The smallest absolute Gasteiger partial charge is 0.272 e. The molecule has 74 valence electrons. The van der Waals surface area contributed by atoms with Crippen LogP contribution in [0, 0.1) is 15.9 Å². The van der Waals surface area contributed by atoms with E-state index in [-0.39, 0.29) is 15.8 Å². The van der Waals surface area contributed by atoms with Crippen molar-refractivity contribution in [1.29, 1.82) is 0 Å². The molecule has 0 radical (unpaired) electrons. The van der Waals surface area contributed by atoms with E-state index in [1.54, 1.807) is 0 Å². The van der Waals surface area contributed by atoms with E-state index in [1.807, 2.05) is 0 Å². The summed E-state index contributed by atoms with van der Waals surface area (Å²) in [5.41, 5.74) is -0.316. The first-order valence-electron chi connectivity index (χ1n) is 3.41. The molecule has 1 aromatic carbocycles. The van der Waals surface area contributed by atoms with E-state index in [0.717, 1.165) is 12.1 Å². The van der Waals surface area contributed by atoms with Crippen molar-refractivity contribution in [3.05, 3.63) is 34.1 Å². The molecular weight excluding hydrogens is 231 g/mol. The number of halogens is 2. The lowest BCUT2D eigenvalue weighted by atomic mass is 10.3. The van der Waals surface area contributed by atoms with Gasteiger partial charge in [0.05, 0.1) is 16.7 Å². The minimum Gasteiger partial charge on any atom is -0.335 e. The Bertz CT molecular complexity index is 399. The second kappa shape index (κ2) is 4.30. The third-order valence-electron chi connectivity index (χ3n) is 1.40. The summed E-state index contributed by atoms with van der Waals surface area (Å²) in [7, 11) is 0. The van der Waals surface area contributed by atoms with Crippen LogP contribution in [0.4, 0.5) is 15.8 Å². The molecule has 4 nitrogen and oxygen atoms in total. The zero-order chi connectivity index (χ0) is 10.7. The van der Waals surface area contributed by atoms with E-state index in [0.29, 0.717) is 0 Å². The summed E-state index contributed by atoms with van der Waals surface area (Å²) in [6.45, 7) is 0. The molecule has 0 bridgehead atoms. The van der Waals surface area contributed by atoms with Crippen molar-refractivity contribution in [2.24, 2.45) is 0 Å². The first-order valence-corrected chi connectivity index (χ1v) is 4.20. The van der Waals surface area contributed by atoms with Gasteiger partial charge in [0.1, 0.15) is 0 Å². The fourth-order valence-electron chi connectivity index (χ4n) is 0.825. The van der Waals surface area contributed by atoms with Gasteiger partial charge in [0.25, 0.3) is 5.69 Å². The van der Waals surface area contributed by atoms with Crippen LogP contribution in [0.25, 0.3) is 0 Å². The number of nitrogens with zero attached hydrogens (tertiary/aromatic N) is 1.